The van der Waals surface area contributed by atoms with Gasteiger partial charge in [-0.2, -0.15) is 4.31 Å². The summed E-state index contributed by atoms with van der Waals surface area (Å²) in [6.07, 6.45) is 0.0356. The molecule has 0 spiro atoms. The lowest BCUT2D eigenvalue weighted by atomic mass is 10.0. The van der Waals surface area contributed by atoms with Crippen LogP contribution in [0.1, 0.15) is 29.2 Å². The Balaban J connectivity index is 1.57. The second kappa shape index (κ2) is 10.9. The Morgan fingerprint density at radius 3 is 2.03 bits per heavy atom. The predicted molar refractivity (Wildman–Crippen MR) is 125 cm³/mol. The van der Waals surface area contributed by atoms with Crippen LogP contribution in [0.5, 0.6) is 0 Å². The molecule has 33 heavy (non-hydrogen) atoms. The predicted octanol–water partition coefficient (Wildman–Crippen LogP) is 2.03. The minimum absolute atomic E-state index is 0.0356. The maximum Gasteiger partial charge on any atom is 0.307 e. The van der Waals surface area contributed by atoms with Crippen molar-refractivity contribution in [2.24, 2.45) is 0 Å². The molecule has 1 unspecified atom stereocenters. The van der Waals surface area contributed by atoms with Crippen molar-refractivity contribution >= 4 is 21.9 Å². The third-order valence-electron chi connectivity index (χ3n) is 5.77. The van der Waals surface area contributed by atoms with Crippen molar-refractivity contribution < 1.29 is 22.7 Å². The molecule has 1 fully saturated rings. The molecule has 1 N–H and O–H groups in total. The fraction of sp³-hybridized carbons (Fsp3) is 0.417. The van der Waals surface area contributed by atoms with Gasteiger partial charge in [-0.25, -0.2) is 8.42 Å². The van der Waals surface area contributed by atoms with Gasteiger partial charge in [0.05, 0.1) is 31.0 Å². The van der Waals surface area contributed by atoms with E-state index < -0.39 is 22.0 Å². The number of nitrogens with zero attached hydrogens (tertiary/aromatic N) is 2. The zero-order chi connectivity index (χ0) is 24.0. The summed E-state index contributed by atoms with van der Waals surface area (Å²) in [5.74, 6) is -0.630. The number of methoxy groups -OCH3 is 1. The number of piperazine rings is 1. The number of carbonyl (C=O) groups excluding carboxylic acids is 2. The highest BCUT2D eigenvalue weighted by Crippen LogP contribution is 2.20. The van der Waals surface area contributed by atoms with Crippen LogP contribution in [0.3, 0.4) is 0 Å². The Morgan fingerprint density at radius 1 is 0.939 bits per heavy atom. The third kappa shape index (κ3) is 6.63. The van der Waals surface area contributed by atoms with Gasteiger partial charge in [0.15, 0.2) is 0 Å². The SMILES string of the molecule is COC(=O)CC(NC(=O)CN1CCN(S(=O)(=O)c2ccc(C)cc2)CC1)c1ccc(C)cc1. The highest BCUT2D eigenvalue weighted by Gasteiger charge is 2.29. The van der Waals surface area contributed by atoms with Gasteiger partial charge in [-0.05, 0) is 31.5 Å². The van der Waals surface area contributed by atoms with E-state index in [-0.39, 0.29) is 23.8 Å². The van der Waals surface area contributed by atoms with E-state index >= 15 is 0 Å². The van der Waals surface area contributed by atoms with Crippen molar-refractivity contribution in [2.75, 3.05) is 39.8 Å². The normalized spacial score (nSPS) is 16.2. The molecular formula is C24H31N3O5S. The number of aryl methyl sites for hydroxylation is 2. The van der Waals surface area contributed by atoms with Crippen molar-refractivity contribution in [3.8, 4) is 0 Å². The minimum Gasteiger partial charge on any atom is -0.469 e. The van der Waals surface area contributed by atoms with Crippen molar-refractivity contribution in [3.63, 3.8) is 0 Å². The topological polar surface area (TPSA) is 96.0 Å². The van der Waals surface area contributed by atoms with E-state index in [0.717, 1.165) is 16.7 Å². The summed E-state index contributed by atoms with van der Waals surface area (Å²) in [4.78, 5) is 26.8. The molecule has 0 bridgehead atoms. The van der Waals surface area contributed by atoms with Crippen molar-refractivity contribution in [2.45, 2.75) is 31.2 Å². The molecule has 2 aromatic carbocycles. The van der Waals surface area contributed by atoms with Crippen LogP contribution in [0.15, 0.2) is 53.4 Å². The maximum absolute atomic E-state index is 12.9. The van der Waals surface area contributed by atoms with Gasteiger partial charge < -0.3 is 10.1 Å². The summed E-state index contributed by atoms with van der Waals surface area (Å²) in [6, 6.07) is 14.0. The summed E-state index contributed by atoms with van der Waals surface area (Å²) in [5.41, 5.74) is 2.91. The summed E-state index contributed by atoms with van der Waals surface area (Å²) in [6.45, 7) is 5.53. The molecule has 178 valence electrons. The Morgan fingerprint density at radius 2 is 1.48 bits per heavy atom. The van der Waals surface area contributed by atoms with Gasteiger partial charge in [0.25, 0.3) is 0 Å². The smallest absolute Gasteiger partial charge is 0.307 e. The molecular weight excluding hydrogens is 442 g/mol. The molecule has 0 aliphatic carbocycles. The number of hydrogen-bond donors (Lipinski definition) is 1. The lowest BCUT2D eigenvalue weighted by Crippen LogP contribution is -2.51. The number of nitrogens with one attached hydrogen (secondary N) is 1. The number of carbonyl (C=O) groups is 2. The van der Waals surface area contributed by atoms with E-state index in [1.165, 1.54) is 11.4 Å². The lowest BCUT2D eigenvalue weighted by molar-refractivity contribution is -0.141. The maximum atomic E-state index is 12.9. The number of amides is 1. The Hall–Kier alpha value is -2.75. The standard InChI is InChI=1S/C24H31N3O5S/c1-18-4-8-20(9-5-18)22(16-24(29)32-3)25-23(28)17-26-12-14-27(15-13-26)33(30,31)21-10-6-19(2)7-11-21/h4-11,22H,12-17H2,1-3H3,(H,25,28). The molecule has 3 rings (SSSR count). The molecule has 1 amide bonds. The molecule has 1 heterocycles. The van der Waals surface area contributed by atoms with Gasteiger partial charge in [0.1, 0.15) is 0 Å². The number of rotatable bonds is 8. The van der Waals surface area contributed by atoms with Crippen LogP contribution in [-0.4, -0.2) is 69.3 Å². The molecule has 2 aromatic rings. The lowest BCUT2D eigenvalue weighted by Gasteiger charge is -2.33. The van der Waals surface area contributed by atoms with Crippen LogP contribution >= 0.6 is 0 Å². The van der Waals surface area contributed by atoms with Crippen LogP contribution in [0, 0.1) is 13.8 Å². The summed E-state index contributed by atoms with van der Waals surface area (Å²) in [7, 11) is -2.23. The van der Waals surface area contributed by atoms with Crippen LogP contribution < -0.4 is 5.32 Å². The van der Waals surface area contributed by atoms with Gasteiger partial charge >= 0.3 is 5.97 Å². The van der Waals surface area contributed by atoms with Gasteiger partial charge in [0, 0.05) is 26.2 Å². The summed E-state index contributed by atoms with van der Waals surface area (Å²) in [5, 5.41) is 2.92. The van der Waals surface area contributed by atoms with Crippen LogP contribution in [-0.2, 0) is 24.3 Å². The highest BCUT2D eigenvalue weighted by molar-refractivity contribution is 7.89. The van der Waals surface area contributed by atoms with Crippen molar-refractivity contribution in [1.29, 1.82) is 0 Å². The van der Waals surface area contributed by atoms with Gasteiger partial charge in [-0.3, -0.25) is 14.5 Å². The Labute approximate surface area is 195 Å². The average molecular weight is 474 g/mol. The number of hydrogen-bond acceptors (Lipinski definition) is 6. The molecule has 0 radical (unpaired) electrons. The van der Waals surface area contributed by atoms with E-state index in [9.17, 15) is 18.0 Å². The zero-order valence-electron chi connectivity index (χ0n) is 19.3. The van der Waals surface area contributed by atoms with E-state index in [1.54, 1.807) is 24.3 Å². The Kier molecular flexibility index (Phi) is 8.23. The zero-order valence-corrected chi connectivity index (χ0v) is 20.1. The summed E-state index contributed by atoms with van der Waals surface area (Å²) < 4.78 is 32.0. The molecule has 1 saturated heterocycles. The van der Waals surface area contributed by atoms with Gasteiger partial charge in [0.2, 0.25) is 15.9 Å². The molecule has 9 heteroatoms. The van der Waals surface area contributed by atoms with Crippen LogP contribution in [0.2, 0.25) is 0 Å². The first-order valence-corrected chi connectivity index (χ1v) is 12.3. The van der Waals surface area contributed by atoms with Crippen LogP contribution in [0.4, 0.5) is 0 Å². The molecule has 1 aliphatic heterocycles. The van der Waals surface area contributed by atoms with E-state index in [2.05, 4.69) is 5.32 Å². The molecule has 0 saturated carbocycles. The quantitative estimate of drug-likeness (QED) is 0.590. The average Bonchev–Trinajstić information content (AvgIpc) is 2.79. The van der Waals surface area contributed by atoms with E-state index in [4.69, 9.17) is 4.74 Å². The number of sulfonamides is 1. The van der Waals surface area contributed by atoms with E-state index in [1.807, 2.05) is 43.0 Å². The number of ether oxygens (including phenoxy) is 1. The summed E-state index contributed by atoms with van der Waals surface area (Å²) >= 11 is 0. The fourth-order valence-corrected chi connectivity index (χ4v) is 5.15. The fourth-order valence-electron chi connectivity index (χ4n) is 3.73. The van der Waals surface area contributed by atoms with Crippen molar-refractivity contribution in [1.82, 2.24) is 14.5 Å². The first kappa shape index (κ1) is 24.9. The molecule has 1 aliphatic rings. The number of esters is 1. The first-order valence-electron chi connectivity index (χ1n) is 10.9. The highest BCUT2D eigenvalue weighted by atomic mass is 32.2. The Bertz CT molecular complexity index is 1060. The van der Waals surface area contributed by atoms with Crippen molar-refractivity contribution in [3.05, 3.63) is 65.2 Å². The van der Waals surface area contributed by atoms with E-state index in [0.29, 0.717) is 26.2 Å². The van der Waals surface area contributed by atoms with Gasteiger partial charge in [-0.15, -0.1) is 0 Å². The monoisotopic (exact) mass is 473 g/mol. The van der Waals surface area contributed by atoms with Crippen LogP contribution in [0.25, 0.3) is 0 Å². The number of benzene rings is 2. The molecule has 0 aromatic heterocycles. The first-order chi connectivity index (χ1) is 15.7. The second-order valence-electron chi connectivity index (χ2n) is 8.30. The molecule has 1 atom stereocenters. The van der Waals surface area contributed by atoms with Gasteiger partial charge in [-0.1, -0.05) is 47.5 Å². The third-order valence-corrected chi connectivity index (χ3v) is 7.68. The molecule has 8 nitrogen and oxygen atoms in total. The largest absolute Gasteiger partial charge is 0.469 e. The minimum atomic E-state index is -3.55. The second-order valence-corrected chi connectivity index (χ2v) is 10.2.